The van der Waals surface area contributed by atoms with Crippen molar-refractivity contribution in [2.45, 2.75) is 11.5 Å². The minimum Gasteiger partial charge on any atom is -0.489 e. The van der Waals surface area contributed by atoms with Gasteiger partial charge in [-0.15, -0.1) is 12.6 Å². The number of nitro groups is 1. The second kappa shape index (κ2) is 8.37. The van der Waals surface area contributed by atoms with Gasteiger partial charge in [-0.3, -0.25) is 14.9 Å². The van der Waals surface area contributed by atoms with E-state index in [1.54, 1.807) is 24.3 Å². The summed E-state index contributed by atoms with van der Waals surface area (Å²) in [5.74, 6) is 0.116. The second-order valence-corrected chi connectivity index (χ2v) is 6.20. The summed E-state index contributed by atoms with van der Waals surface area (Å²) in [5, 5.41) is 13.6. The molecule has 0 spiro atoms. The molecule has 7 heteroatoms. The summed E-state index contributed by atoms with van der Waals surface area (Å²) in [7, 11) is 0. The minimum absolute atomic E-state index is 0.128. The number of carbonyl (C=O) groups excluding carboxylic acids is 1. The molecule has 0 saturated heterocycles. The molecule has 0 aliphatic heterocycles. The Bertz CT molecular complexity index is 977. The quantitative estimate of drug-likeness (QED) is 0.368. The molecule has 3 aromatic carbocycles. The SMILES string of the molecule is O=C(Nc1cccc(OCc2ccccc2)c1)c1cc([N+](=O)[O-])ccc1S. The molecule has 27 heavy (non-hydrogen) atoms. The van der Waals surface area contributed by atoms with E-state index in [1.165, 1.54) is 18.2 Å². The first-order chi connectivity index (χ1) is 13.0. The number of benzene rings is 3. The van der Waals surface area contributed by atoms with Crippen LogP contribution in [0.1, 0.15) is 15.9 Å². The van der Waals surface area contributed by atoms with E-state index in [2.05, 4.69) is 17.9 Å². The van der Waals surface area contributed by atoms with Crippen molar-refractivity contribution >= 4 is 29.9 Å². The van der Waals surface area contributed by atoms with E-state index in [0.29, 0.717) is 22.9 Å². The van der Waals surface area contributed by atoms with E-state index in [-0.39, 0.29) is 11.3 Å². The molecule has 0 radical (unpaired) electrons. The Morgan fingerprint density at radius 2 is 1.81 bits per heavy atom. The van der Waals surface area contributed by atoms with Crippen LogP contribution in [0.25, 0.3) is 0 Å². The lowest BCUT2D eigenvalue weighted by molar-refractivity contribution is -0.384. The zero-order chi connectivity index (χ0) is 19.2. The Labute approximate surface area is 161 Å². The summed E-state index contributed by atoms with van der Waals surface area (Å²) in [6.45, 7) is 0.407. The highest BCUT2D eigenvalue weighted by Crippen LogP contribution is 2.23. The van der Waals surface area contributed by atoms with Crippen LogP contribution in [0.3, 0.4) is 0 Å². The van der Waals surface area contributed by atoms with Crippen LogP contribution >= 0.6 is 12.6 Å². The van der Waals surface area contributed by atoms with Gasteiger partial charge in [-0.1, -0.05) is 36.4 Å². The molecule has 3 rings (SSSR count). The summed E-state index contributed by atoms with van der Waals surface area (Å²) in [6.07, 6.45) is 0. The molecule has 0 aliphatic carbocycles. The van der Waals surface area contributed by atoms with Gasteiger partial charge in [0.15, 0.2) is 0 Å². The molecule has 0 bridgehead atoms. The number of nitro benzene ring substituents is 1. The number of nitrogens with zero attached hydrogens (tertiary/aromatic N) is 1. The summed E-state index contributed by atoms with van der Waals surface area (Å²) < 4.78 is 5.74. The third-order valence-corrected chi connectivity index (χ3v) is 4.17. The first kappa shape index (κ1) is 18.5. The molecule has 0 aliphatic rings. The van der Waals surface area contributed by atoms with Crippen LogP contribution < -0.4 is 10.1 Å². The van der Waals surface area contributed by atoms with Crippen molar-refractivity contribution in [3.05, 3.63) is 94.0 Å². The molecule has 0 atom stereocenters. The van der Waals surface area contributed by atoms with Gasteiger partial charge in [0.05, 0.1) is 10.5 Å². The monoisotopic (exact) mass is 380 g/mol. The summed E-state index contributed by atoms with van der Waals surface area (Å²) in [5.41, 5.74) is 1.51. The molecule has 0 unspecified atom stereocenters. The highest BCUT2D eigenvalue weighted by Gasteiger charge is 2.15. The molecule has 6 nitrogen and oxygen atoms in total. The number of hydrogen-bond donors (Lipinski definition) is 2. The average molecular weight is 380 g/mol. The van der Waals surface area contributed by atoms with Gasteiger partial charge in [-0.05, 0) is 23.8 Å². The van der Waals surface area contributed by atoms with Crippen molar-refractivity contribution in [1.82, 2.24) is 0 Å². The lowest BCUT2D eigenvalue weighted by Gasteiger charge is -2.10. The topological polar surface area (TPSA) is 81.5 Å². The van der Waals surface area contributed by atoms with E-state index in [4.69, 9.17) is 4.74 Å². The summed E-state index contributed by atoms with van der Waals surface area (Å²) >= 11 is 4.21. The number of ether oxygens (including phenoxy) is 1. The van der Waals surface area contributed by atoms with E-state index in [9.17, 15) is 14.9 Å². The fourth-order valence-corrected chi connectivity index (χ4v) is 2.66. The largest absolute Gasteiger partial charge is 0.489 e. The number of non-ortho nitro benzene ring substituents is 1. The second-order valence-electron chi connectivity index (χ2n) is 5.71. The molecular formula is C20H16N2O4S. The molecule has 136 valence electrons. The van der Waals surface area contributed by atoms with E-state index in [0.717, 1.165) is 5.56 Å². The zero-order valence-corrected chi connectivity index (χ0v) is 15.1. The number of anilines is 1. The Morgan fingerprint density at radius 3 is 2.56 bits per heavy atom. The lowest BCUT2D eigenvalue weighted by Crippen LogP contribution is -2.13. The Kier molecular flexibility index (Phi) is 5.73. The maximum Gasteiger partial charge on any atom is 0.270 e. The number of hydrogen-bond acceptors (Lipinski definition) is 5. The van der Waals surface area contributed by atoms with Gasteiger partial charge >= 0.3 is 0 Å². The fourth-order valence-electron chi connectivity index (χ4n) is 2.42. The number of amides is 1. The van der Waals surface area contributed by atoms with E-state index < -0.39 is 10.8 Å². The number of nitrogens with one attached hydrogen (secondary N) is 1. The van der Waals surface area contributed by atoms with Crippen LogP contribution in [-0.2, 0) is 6.61 Å². The molecular weight excluding hydrogens is 364 g/mol. The summed E-state index contributed by atoms with van der Waals surface area (Å²) in [4.78, 5) is 23.2. The number of thiol groups is 1. The first-order valence-electron chi connectivity index (χ1n) is 8.08. The maximum absolute atomic E-state index is 12.5. The van der Waals surface area contributed by atoms with Crippen LogP contribution in [0.2, 0.25) is 0 Å². The number of rotatable bonds is 6. The smallest absolute Gasteiger partial charge is 0.270 e. The average Bonchev–Trinajstić information content (AvgIpc) is 2.67. The van der Waals surface area contributed by atoms with Crippen LogP contribution in [-0.4, -0.2) is 10.8 Å². The van der Waals surface area contributed by atoms with Crippen molar-refractivity contribution in [3.63, 3.8) is 0 Å². The number of carbonyl (C=O) groups is 1. The predicted molar refractivity (Wildman–Crippen MR) is 106 cm³/mol. The molecule has 1 N–H and O–H groups in total. The van der Waals surface area contributed by atoms with Gasteiger partial charge < -0.3 is 10.1 Å². The van der Waals surface area contributed by atoms with Gasteiger partial charge in [-0.25, -0.2) is 0 Å². The lowest BCUT2D eigenvalue weighted by atomic mass is 10.1. The molecule has 0 heterocycles. The Hall–Kier alpha value is -3.32. The molecule has 0 fully saturated rings. The molecule has 3 aromatic rings. The fraction of sp³-hybridized carbons (Fsp3) is 0.0500. The minimum atomic E-state index is -0.554. The standard InChI is InChI=1S/C20H16N2O4S/c23-20(18-12-16(22(24)25)9-10-19(18)27)21-15-7-4-8-17(11-15)26-13-14-5-2-1-3-6-14/h1-12,27H,13H2,(H,21,23). The van der Waals surface area contributed by atoms with Crippen molar-refractivity contribution in [3.8, 4) is 5.75 Å². The van der Waals surface area contributed by atoms with E-state index in [1.807, 2.05) is 30.3 Å². The molecule has 1 amide bonds. The van der Waals surface area contributed by atoms with Crippen LogP contribution in [0, 0.1) is 10.1 Å². The Morgan fingerprint density at radius 1 is 1.04 bits per heavy atom. The third-order valence-electron chi connectivity index (χ3n) is 3.78. The van der Waals surface area contributed by atoms with Gasteiger partial charge in [0, 0.05) is 28.8 Å². The molecule has 0 saturated carbocycles. The van der Waals surface area contributed by atoms with Crippen molar-refractivity contribution in [2.24, 2.45) is 0 Å². The van der Waals surface area contributed by atoms with Gasteiger partial charge in [0.25, 0.3) is 11.6 Å². The third kappa shape index (κ3) is 4.86. The molecule has 0 aromatic heterocycles. The predicted octanol–water partition coefficient (Wildman–Crippen LogP) is 4.71. The zero-order valence-electron chi connectivity index (χ0n) is 14.2. The Balaban J connectivity index is 1.71. The van der Waals surface area contributed by atoms with Crippen LogP contribution in [0.4, 0.5) is 11.4 Å². The maximum atomic E-state index is 12.5. The van der Waals surface area contributed by atoms with Crippen molar-refractivity contribution in [2.75, 3.05) is 5.32 Å². The normalized spacial score (nSPS) is 10.3. The van der Waals surface area contributed by atoms with Gasteiger partial charge in [-0.2, -0.15) is 0 Å². The van der Waals surface area contributed by atoms with Crippen molar-refractivity contribution < 1.29 is 14.5 Å². The van der Waals surface area contributed by atoms with Crippen LogP contribution in [0.5, 0.6) is 5.75 Å². The van der Waals surface area contributed by atoms with E-state index >= 15 is 0 Å². The first-order valence-corrected chi connectivity index (χ1v) is 8.53. The van der Waals surface area contributed by atoms with Crippen LogP contribution in [0.15, 0.2) is 77.7 Å². The summed E-state index contributed by atoms with van der Waals surface area (Å²) in [6, 6.07) is 20.6. The van der Waals surface area contributed by atoms with Gasteiger partial charge in [0.1, 0.15) is 12.4 Å². The van der Waals surface area contributed by atoms with Gasteiger partial charge in [0.2, 0.25) is 0 Å². The van der Waals surface area contributed by atoms with Crippen molar-refractivity contribution in [1.29, 1.82) is 0 Å². The highest BCUT2D eigenvalue weighted by molar-refractivity contribution is 7.80. The highest BCUT2D eigenvalue weighted by atomic mass is 32.1.